The number of hydrogen-bond donors (Lipinski definition) is 1. The summed E-state index contributed by atoms with van der Waals surface area (Å²) in [6.07, 6.45) is 0.0316. The minimum absolute atomic E-state index is 0.0316. The number of rotatable bonds is 6. The molecule has 0 aliphatic rings. The van der Waals surface area contributed by atoms with E-state index in [1.165, 1.54) is 0 Å². The van der Waals surface area contributed by atoms with E-state index in [2.05, 4.69) is 0 Å². The summed E-state index contributed by atoms with van der Waals surface area (Å²) in [4.78, 5) is 12.8. The maximum Gasteiger partial charge on any atom is 0.305 e. The maximum atomic E-state index is 10.9. The monoisotopic (exact) mass is 267 g/mol. The molecule has 1 rings (SSSR count). The molecular formula is C14H21NO4. The van der Waals surface area contributed by atoms with Crippen LogP contribution in [0.3, 0.4) is 0 Å². The van der Waals surface area contributed by atoms with Crippen molar-refractivity contribution in [2.24, 2.45) is 0 Å². The van der Waals surface area contributed by atoms with Crippen LogP contribution in [0.2, 0.25) is 0 Å². The summed E-state index contributed by atoms with van der Waals surface area (Å²) in [6.45, 7) is 3.75. The van der Waals surface area contributed by atoms with Crippen LogP contribution in [0.1, 0.15) is 20.3 Å². The Morgan fingerprint density at radius 2 is 1.95 bits per heavy atom. The van der Waals surface area contributed by atoms with Gasteiger partial charge in [-0.3, -0.25) is 4.79 Å². The van der Waals surface area contributed by atoms with Gasteiger partial charge in [0.2, 0.25) is 0 Å². The fraction of sp³-hybridized carbons (Fsp3) is 0.500. The van der Waals surface area contributed by atoms with Gasteiger partial charge >= 0.3 is 5.97 Å². The smallest absolute Gasteiger partial charge is 0.305 e. The highest BCUT2D eigenvalue weighted by Crippen LogP contribution is 2.35. The Hall–Kier alpha value is -1.91. The molecule has 1 aromatic carbocycles. The molecule has 0 aromatic heterocycles. The van der Waals surface area contributed by atoms with Gasteiger partial charge in [-0.05, 0) is 26.0 Å². The number of carboxylic acids is 1. The molecule has 5 heteroatoms. The Labute approximate surface area is 113 Å². The number of benzene rings is 1. The molecule has 19 heavy (non-hydrogen) atoms. The van der Waals surface area contributed by atoms with E-state index in [1.54, 1.807) is 20.3 Å². The molecule has 0 saturated heterocycles. The summed E-state index contributed by atoms with van der Waals surface area (Å²) in [5.41, 5.74) is 0.263. The molecule has 0 radical (unpaired) electrons. The molecule has 0 bridgehead atoms. The lowest BCUT2D eigenvalue weighted by atomic mass is 9.97. The number of aliphatic carboxylic acids is 1. The van der Waals surface area contributed by atoms with Gasteiger partial charge in [-0.2, -0.15) is 0 Å². The Morgan fingerprint density at radius 1 is 1.32 bits per heavy atom. The van der Waals surface area contributed by atoms with Gasteiger partial charge in [0.25, 0.3) is 0 Å². The zero-order chi connectivity index (χ0) is 14.6. The van der Waals surface area contributed by atoms with Gasteiger partial charge < -0.3 is 19.5 Å². The van der Waals surface area contributed by atoms with Crippen LogP contribution >= 0.6 is 0 Å². The molecule has 5 nitrogen and oxygen atoms in total. The Morgan fingerprint density at radius 3 is 2.42 bits per heavy atom. The van der Waals surface area contributed by atoms with E-state index < -0.39 is 11.5 Å². The third-order valence-electron chi connectivity index (χ3n) is 3.24. The van der Waals surface area contributed by atoms with Crippen LogP contribution in [0.5, 0.6) is 11.5 Å². The highest BCUT2D eigenvalue weighted by Gasteiger charge is 2.28. The molecule has 0 amide bonds. The molecule has 0 aliphatic carbocycles. The highest BCUT2D eigenvalue weighted by atomic mass is 16.5. The molecule has 0 spiro atoms. The molecule has 106 valence electrons. The van der Waals surface area contributed by atoms with Crippen LogP contribution < -0.4 is 14.4 Å². The average molecular weight is 267 g/mol. The van der Waals surface area contributed by atoms with E-state index in [-0.39, 0.29) is 6.42 Å². The lowest BCUT2D eigenvalue weighted by Gasteiger charge is -2.37. The third-order valence-corrected chi connectivity index (χ3v) is 3.24. The molecule has 0 fully saturated rings. The van der Waals surface area contributed by atoms with Crippen LogP contribution in [0, 0.1) is 0 Å². The van der Waals surface area contributed by atoms with E-state index >= 15 is 0 Å². The zero-order valence-electron chi connectivity index (χ0n) is 12.1. The van der Waals surface area contributed by atoms with Gasteiger partial charge in [0.1, 0.15) is 11.5 Å². The fourth-order valence-electron chi connectivity index (χ4n) is 1.87. The number of carbonyl (C=O) groups is 1. The molecule has 0 saturated carbocycles. The van der Waals surface area contributed by atoms with Crippen LogP contribution in [0.4, 0.5) is 5.69 Å². The van der Waals surface area contributed by atoms with Gasteiger partial charge in [0.05, 0.1) is 26.3 Å². The lowest BCUT2D eigenvalue weighted by Crippen LogP contribution is -2.43. The number of carboxylic acid groups (broad SMARTS) is 1. The van der Waals surface area contributed by atoms with Crippen LogP contribution in [-0.4, -0.2) is 37.9 Å². The van der Waals surface area contributed by atoms with Crippen molar-refractivity contribution in [3.05, 3.63) is 18.2 Å². The van der Waals surface area contributed by atoms with E-state index in [0.29, 0.717) is 11.5 Å². The van der Waals surface area contributed by atoms with Crippen molar-refractivity contribution in [2.75, 3.05) is 26.2 Å². The minimum Gasteiger partial charge on any atom is -0.497 e. The van der Waals surface area contributed by atoms with Crippen molar-refractivity contribution in [1.29, 1.82) is 0 Å². The Kier molecular flexibility index (Phi) is 4.64. The molecule has 0 heterocycles. The SMILES string of the molecule is COc1ccc(OC)c(N(C)C(C)(C)CC(=O)O)c1. The molecular weight excluding hydrogens is 246 g/mol. The van der Waals surface area contributed by atoms with Crippen molar-refractivity contribution in [3.8, 4) is 11.5 Å². The normalized spacial score (nSPS) is 11.0. The Balaban J connectivity index is 3.16. The number of anilines is 1. The molecule has 0 unspecified atom stereocenters. The number of nitrogens with zero attached hydrogens (tertiary/aromatic N) is 1. The van der Waals surface area contributed by atoms with Gasteiger partial charge in [0.15, 0.2) is 0 Å². The van der Waals surface area contributed by atoms with E-state index in [1.807, 2.05) is 37.9 Å². The highest BCUT2D eigenvalue weighted by molar-refractivity contribution is 5.71. The summed E-state index contributed by atoms with van der Waals surface area (Å²) in [7, 11) is 5.03. The second-order valence-electron chi connectivity index (χ2n) is 4.98. The maximum absolute atomic E-state index is 10.9. The van der Waals surface area contributed by atoms with Gasteiger partial charge in [-0.25, -0.2) is 0 Å². The summed E-state index contributed by atoms with van der Waals surface area (Å²) < 4.78 is 10.5. The third kappa shape index (κ3) is 3.53. The average Bonchev–Trinajstić information content (AvgIpc) is 2.35. The quantitative estimate of drug-likeness (QED) is 0.857. The molecule has 0 aliphatic heterocycles. The van der Waals surface area contributed by atoms with Gasteiger partial charge in [0, 0.05) is 18.7 Å². The van der Waals surface area contributed by atoms with Crippen molar-refractivity contribution in [1.82, 2.24) is 0 Å². The van der Waals surface area contributed by atoms with Crippen molar-refractivity contribution in [2.45, 2.75) is 25.8 Å². The molecule has 1 N–H and O–H groups in total. The standard InChI is InChI=1S/C14H21NO4/c1-14(2,9-13(16)17)15(3)11-8-10(18-4)6-7-12(11)19-5/h6-8H,9H2,1-5H3,(H,16,17). The fourth-order valence-corrected chi connectivity index (χ4v) is 1.87. The van der Waals surface area contributed by atoms with E-state index in [9.17, 15) is 4.79 Å². The van der Waals surface area contributed by atoms with E-state index in [0.717, 1.165) is 5.69 Å². The predicted octanol–water partition coefficient (Wildman–Crippen LogP) is 2.39. The van der Waals surface area contributed by atoms with E-state index in [4.69, 9.17) is 14.6 Å². The second kappa shape index (κ2) is 5.82. The largest absolute Gasteiger partial charge is 0.497 e. The first-order valence-corrected chi connectivity index (χ1v) is 5.99. The first-order chi connectivity index (χ1) is 8.81. The first-order valence-electron chi connectivity index (χ1n) is 5.99. The van der Waals surface area contributed by atoms with Crippen molar-refractivity contribution < 1.29 is 19.4 Å². The Bertz CT molecular complexity index is 457. The number of hydrogen-bond acceptors (Lipinski definition) is 4. The van der Waals surface area contributed by atoms with Crippen LogP contribution in [-0.2, 0) is 4.79 Å². The summed E-state index contributed by atoms with van der Waals surface area (Å²) >= 11 is 0. The van der Waals surface area contributed by atoms with Crippen LogP contribution in [0.25, 0.3) is 0 Å². The predicted molar refractivity (Wildman–Crippen MR) is 74.3 cm³/mol. The summed E-state index contributed by atoms with van der Waals surface area (Å²) in [5.74, 6) is 0.550. The second-order valence-corrected chi connectivity index (χ2v) is 4.98. The minimum atomic E-state index is -0.835. The number of methoxy groups -OCH3 is 2. The molecule has 0 atom stereocenters. The molecule has 1 aromatic rings. The van der Waals surface area contributed by atoms with Crippen molar-refractivity contribution in [3.63, 3.8) is 0 Å². The topological polar surface area (TPSA) is 59.0 Å². The lowest BCUT2D eigenvalue weighted by molar-refractivity contribution is -0.138. The van der Waals surface area contributed by atoms with Gasteiger partial charge in [-0.15, -0.1) is 0 Å². The summed E-state index contributed by atoms with van der Waals surface area (Å²) in [5, 5.41) is 8.99. The zero-order valence-corrected chi connectivity index (χ0v) is 12.1. The van der Waals surface area contributed by atoms with Crippen molar-refractivity contribution >= 4 is 11.7 Å². The summed E-state index contributed by atoms with van der Waals surface area (Å²) in [6, 6.07) is 5.45. The first kappa shape index (κ1) is 15.1. The number of ether oxygens (including phenoxy) is 2. The van der Waals surface area contributed by atoms with Crippen LogP contribution in [0.15, 0.2) is 18.2 Å². The van der Waals surface area contributed by atoms with Gasteiger partial charge in [-0.1, -0.05) is 0 Å².